The maximum atomic E-state index is 13.4. The van der Waals surface area contributed by atoms with Gasteiger partial charge in [0.25, 0.3) is 0 Å². The van der Waals surface area contributed by atoms with E-state index in [1.807, 2.05) is 36.4 Å². The molecule has 0 amide bonds. The molecule has 5 rings (SSSR count). The van der Waals surface area contributed by atoms with Gasteiger partial charge >= 0.3 is 0 Å². The van der Waals surface area contributed by atoms with E-state index in [1.165, 1.54) is 11.1 Å². The SMILES string of the molecule is CC12CCC3c4ccc(O)cc4CCC3C1CC(=Cc1ccc(Cl)cc1)C2=O. The lowest BCUT2D eigenvalue weighted by Crippen LogP contribution is -2.42. The predicted octanol–water partition coefficient (Wildman–Crippen LogP) is 6.16. The highest BCUT2D eigenvalue weighted by Crippen LogP contribution is 2.60. The number of allylic oxidation sites excluding steroid dienone is 1. The Morgan fingerprint density at radius 1 is 1.14 bits per heavy atom. The average Bonchev–Trinajstić information content (AvgIpc) is 2.94. The summed E-state index contributed by atoms with van der Waals surface area (Å²) in [5.41, 5.74) is 4.50. The monoisotopic (exact) mass is 392 g/mol. The van der Waals surface area contributed by atoms with Crippen LogP contribution in [0.2, 0.25) is 5.02 Å². The van der Waals surface area contributed by atoms with E-state index < -0.39 is 0 Å². The van der Waals surface area contributed by atoms with E-state index in [9.17, 15) is 9.90 Å². The lowest BCUT2D eigenvalue weighted by atomic mass is 9.55. The van der Waals surface area contributed by atoms with Crippen LogP contribution in [0.1, 0.15) is 55.2 Å². The molecule has 0 spiro atoms. The van der Waals surface area contributed by atoms with Gasteiger partial charge in [0.1, 0.15) is 5.75 Å². The highest BCUT2D eigenvalue weighted by molar-refractivity contribution is 6.30. The Kier molecular flexibility index (Phi) is 4.17. The fourth-order valence-electron chi connectivity index (χ4n) is 6.13. The van der Waals surface area contributed by atoms with Crippen LogP contribution < -0.4 is 0 Å². The highest BCUT2D eigenvalue weighted by atomic mass is 35.5. The zero-order valence-corrected chi connectivity index (χ0v) is 16.9. The van der Waals surface area contributed by atoms with Gasteiger partial charge in [-0.2, -0.15) is 0 Å². The normalized spacial score (nSPS) is 32.7. The summed E-state index contributed by atoms with van der Waals surface area (Å²) in [4.78, 5) is 13.4. The van der Waals surface area contributed by atoms with Crippen molar-refractivity contribution in [3.05, 3.63) is 69.8 Å². The number of carbonyl (C=O) groups excluding carboxylic acids is 1. The molecule has 2 aromatic carbocycles. The van der Waals surface area contributed by atoms with Crippen LogP contribution >= 0.6 is 11.6 Å². The van der Waals surface area contributed by atoms with Gasteiger partial charge < -0.3 is 5.11 Å². The molecule has 2 fully saturated rings. The summed E-state index contributed by atoms with van der Waals surface area (Å²) in [5, 5.41) is 10.6. The van der Waals surface area contributed by atoms with Crippen LogP contribution in [0.5, 0.6) is 5.75 Å². The molecular weight excluding hydrogens is 368 g/mol. The van der Waals surface area contributed by atoms with E-state index in [-0.39, 0.29) is 5.41 Å². The first kappa shape index (κ1) is 18.0. The van der Waals surface area contributed by atoms with Crippen LogP contribution in [0.3, 0.4) is 0 Å². The van der Waals surface area contributed by atoms with Gasteiger partial charge in [-0.3, -0.25) is 4.79 Å². The molecule has 0 radical (unpaired) electrons. The summed E-state index contributed by atoms with van der Waals surface area (Å²) in [5.74, 6) is 2.20. The second-order valence-electron chi connectivity index (χ2n) is 9.01. The average molecular weight is 393 g/mol. The predicted molar refractivity (Wildman–Crippen MR) is 113 cm³/mol. The van der Waals surface area contributed by atoms with Gasteiger partial charge in [0.2, 0.25) is 0 Å². The van der Waals surface area contributed by atoms with E-state index in [4.69, 9.17) is 11.6 Å². The first-order chi connectivity index (χ1) is 13.5. The number of hydrogen-bond acceptors (Lipinski definition) is 2. The zero-order valence-electron chi connectivity index (χ0n) is 16.1. The Morgan fingerprint density at radius 3 is 2.71 bits per heavy atom. The number of fused-ring (bicyclic) bond motifs is 5. The van der Waals surface area contributed by atoms with E-state index in [1.54, 1.807) is 0 Å². The third-order valence-electron chi connectivity index (χ3n) is 7.56. The summed E-state index contributed by atoms with van der Waals surface area (Å²) in [7, 11) is 0. The molecule has 0 aromatic heterocycles. The molecule has 144 valence electrons. The van der Waals surface area contributed by atoms with Crippen LogP contribution in [0.25, 0.3) is 6.08 Å². The minimum Gasteiger partial charge on any atom is -0.508 e. The van der Waals surface area contributed by atoms with Gasteiger partial charge in [-0.05, 0) is 102 Å². The van der Waals surface area contributed by atoms with Gasteiger partial charge in [-0.25, -0.2) is 0 Å². The van der Waals surface area contributed by atoms with Gasteiger partial charge in [0, 0.05) is 10.4 Å². The first-order valence-electron chi connectivity index (χ1n) is 10.3. The number of benzene rings is 2. The largest absolute Gasteiger partial charge is 0.508 e. The number of aromatic hydroxyl groups is 1. The quantitative estimate of drug-likeness (QED) is 0.589. The number of Topliss-reactive ketones (excluding diaryl/α,β-unsaturated/α-hetero) is 1. The number of phenolic OH excluding ortho intramolecular Hbond substituents is 1. The van der Waals surface area contributed by atoms with Crippen molar-refractivity contribution in [2.75, 3.05) is 0 Å². The Morgan fingerprint density at radius 2 is 1.93 bits per heavy atom. The highest BCUT2D eigenvalue weighted by Gasteiger charge is 2.56. The van der Waals surface area contributed by atoms with Crippen molar-refractivity contribution < 1.29 is 9.90 Å². The fraction of sp³-hybridized carbons (Fsp3) is 0.400. The molecule has 3 aliphatic carbocycles. The third kappa shape index (κ3) is 2.73. The topological polar surface area (TPSA) is 37.3 Å². The second kappa shape index (κ2) is 6.49. The minimum absolute atomic E-state index is 0.228. The Balaban J connectivity index is 1.48. The van der Waals surface area contributed by atoms with E-state index in [0.717, 1.165) is 48.3 Å². The Hall–Kier alpha value is -2.06. The molecule has 2 nitrogen and oxygen atoms in total. The number of hydrogen-bond donors (Lipinski definition) is 1. The van der Waals surface area contributed by atoms with Crippen molar-refractivity contribution in [3.8, 4) is 5.75 Å². The molecule has 0 aliphatic heterocycles. The van der Waals surface area contributed by atoms with Crippen LogP contribution in [-0.4, -0.2) is 10.9 Å². The molecule has 2 aromatic rings. The van der Waals surface area contributed by atoms with Crippen molar-refractivity contribution >= 4 is 23.5 Å². The number of ketones is 1. The van der Waals surface area contributed by atoms with Crippen molar-refractivity contribution in [1.82, 2.24) is 0 Å². The standard InChI is InChI=1S/C25H25ClO2/c1-25-11-10-21-20-9-7-19(27)13-16(20)4-8-22(21)23(25)14-17(24(25)28)12-15-2-5-18(26)6-3-15/h2-3,5-7,9,12-13,21-23,27H,4,8,10-11,14H2,1H3. The summed E-state index contributed by atoms with van der Waals surface area (Å²) in [6.07, 6.45) is 7.09. The van der Waals surface area contributed by atoms with Crippen molar-refractivity contribution in [1.29, 1.82) is 0 Å². The smallest absolute Gasteiger partial charge is 0.165 e. The van der Waals surface area contributed by atoms with Crippen molar-refractivity contribution in [3.63, 3.8) is 0 Å². The molecule has 0 saturated heterocycles. The number of carbonyl (C=O) groups is 1. The lowest BCUT2D eigenvalue weighted by Gasteiger charge is -2.48. The second-order valence-corrected chi connectivity index (χ2v) is 9.45. The maximum absolute atomic E-state index is 13.4. The summed E-state index contributed by atoms with van der Waals surface area (Å²) >= 11 is 6.00. The Bertz CT molecular complexity index is 975. The molecular formula is C25H25ClO2. The summed E-state index contributed by atoms with van der Waals surface area (Å²) < 4.78 is 0. The molecule has 4 atom stereocenters. The zero-order chi connectivity index (χ0) is 19.5. The third-order valence-corrected chi connectivity index (χ3v) is 7.81. The summed E-state index contributed by atoms with van der Waals surface area (Å²) in [6.45, 7) is 2.20. The van der Waals surface area contributed by atoms with Gasteiger partial charge in [-0.15, -0.1) is 0 Å². The molecule has 2 saturated carbocycles. The first-order valence-corrected chi connectivity index (χ1v) is 10.7. The molecule has 28 heavy (non-hydrogen) atoms. The van der Waals surface area contributed by atoms with E-state index in [0.29, 0.717) is 29.3 Å². The van der Waals surface area contributed by atoms with Crippen LogP contribution in [0, 0.1) is 17.3 Å². The van der Waals surface area contributed by atoms with Gasteiger partial charge in [0.15, 0.2) is 5.78 Å². The molecule has 3 heteroatoms. The number of rotatable bonds is 1. The lowest BCUT2D eigenvalue weighted by molar-refractivity contribution is -0.127. The van der Waals surface area contributed by atoms with Crippen molar-refractivity contribution in [2.45, 2.75) is 44.9 Å². The molecule has 3 aliphatic rings. The maximum Gasteiger partial charge on any atom is 0.165 e. The summed E-state index contributed by atoms with van der Waals surface area (Å²) in [6, 6.07) is 13.6. The van der Waals surface area contributed by atoms with E-state index in [2.05, 4.69) is 19.1 Å². The van der Waals surface area contributed by atoms with Crippen LogP contribution in [0.4, 0.5) is 0 Å². The number of phenols is 1. The van der Waals surface area contributed by atoms with Crippen LogP contribution in [0.15, 0.2) is 48.0 Å². The molecule has 4 unspecified atom stereocenters. The van der Waals surface area contributed by atoms with Crippen LogP contribution in [-0.2, 0) is 11.2 Å². The number of aryl methyl sites for hydroxylation is 1. The fourth-order valence-corrected chi connectivity index (χ4v) is 6.25. The van der Waals surface area contributed by atoms with Crippen molar-refractivity contribution in [2.24, 2.45) is 17.3 Å². The van der Waals surface area contributed by atoms with Gasteiger partial charge in [-0.1, -0.05) is 36.7 Å². The van der Waals surface area contributed by atoms with E-state index >= 15 is 0 Å². The molecule has 0 bridgehead atoms. The minimum atomic E-state index is -0.228. The number of halogens is 1. The van der Waals surface area contributed by atoms with Gasteiger partial charge in [0.05, 0.1) is 0 Å². The Labute approximate surface area is 171 Å². The molecule has 1 N–H and O–H groups in total. The molecule has 0 heterocycles.